The van der Waals surface area contributed by atoms with Gasteiger partial charge in [0.1, 0.15) is 0 Å². The summed E-state index contributed by atoms with van der Waals surface area (Å²) in [6.45, 7) is 4.00. The predicted molar refractivity (Wildman–Crippen MR) is 59.9 cm³/mol. The van der Waals surface area contributed by atoms with Crippen LogP contribution in [-0.4, -0.2) is 5.91 Å². The number of hydrogen-bond acceptors (Lipinski definition) is 1. The standard InChI is InChI=1S/C10H13NO.C2H6/c11-10(12)8-4-7-9-5-2-1-3-6-9;1-2/h1-3,5-6H,4,7-8H2,(H2,11,12);1-2H3. The number of nitrogens with two attached hydrogens (primary N) is 1. The summed E-state index contributed by atoms with van der Waals surface area (Å²) in [6, 6.07) is 10.1. The summed E-state index contributed by atoms with van der Waals surface area (Å²) in [5.41, 5.74) is 6.28. The van der Waals surface area contributed by atoms with Crippen molar-refractivity contribution >= 4 is 5.91 Å². The molecule has 0 aliphatic heterocycles. The fourth-order valence-corrected chi connectivity index (χ4v) is 1.11. The molecule has 78 valence electrons. The van der Waals surface area contributed by atoms with Gasteiger partial charge in [-0.15, -0.1) is 0 Å². The molecule has 2 N–H and O–H groups in total. The zero-order chi connectivity index (χ0) is 10.8. The highest BCUT2D eigenvalue weighted by Crippen LogP contribution is 2.03. The molecule has 0 atom stereocenters. The van der Waals surface area contributed by atoms with Crippen molar-refractivity contribution in [2.24, 2.45) is 5.73 Å². The summed E-state index contributed by atoms with van der Waals surface area (Å²) in [5, 5.41) is 0. The van der Waals surface area contributed by atoms with Gasteiger partial charge >= 0.3 is 0 Å². The van der Waals surface area contributed by atoms with Gasteiger partial charge in [-0.1, -0.05) is 44.2 Å². The van der Waals surface area contributed by atoms with Crippen LogP contribution in [-0.2, 0) is 11.2 Å². The Morgan fingerprint density at radius 2 is 1.79 bits per heavy atom. The number of rotatable bonds is 4. The second-order valence-corrected chi connectivity index (χ2v) is 2.81. The number of carbonyl (C=O) groups is 1. The largest absolute Gasteiger partial charge is 0.370 e. The van der Waals surface area contributed by atoms with Crippen LogP contribution in [0, 0.1) is 0 Å². The molecule has 0 spiro atoms. The molecule has 0 fully saturated rings. The van der Waals surface area contributed by atoms with Crippen LogP contribution in [0.1, 0.15) is 32.3 Å². The van der Waals surface area contributed by atoms with Crippen molar-refractivity contribution in [1.82, 2.24) is 0 Å². The summed E-state index contributed by atoms with van der Waals surface area (Å²) in [6.07, 6.45) is 2.26. The average Bonchev–Trinajstić information content (AvgIpc) is 2.22. The van der Waals surface area contributed by atoms with Gasteiger partial charge in [0.2, 0.25) is 5.91 Å². The third-order valence-electron chi connectivity index (χ3n) is 1.73. The van der Waals surface area contributed by atoms with Crippen LogP contribution in [0.3, 0.4) is 0 Å². The molecule has 1 rings (SSSR count). The molecule has 0 saturated carbocycles. The molecule has 0 heterocycles. The number of carbonyl (C=O) groups excluding carboxylic acids is 1. The minimum absolute atomic E-state index is 0.217. The fraction of sp³-hybridized carbons (Fsp3) is 0.417. The van der Waals surface area contributed by atoms with E-state index in [1.165, 1.54) is 5.56 Å². The Morgan fingerprint density at radius 3 is 2.29 bits per heavy atom. The zero-order valence-corrected chi connectivity index (χ0v) is 8.99. The number of hydrogen-bond donors (Lipinski definition) is 1. The Morgan fingerprint density at radius 1 is 1.21 bits per heavy atom. The van der Waals surface area contributed by atoms with E-state index >= 15 is 0 Å². The molecule has 0 aliphatic rings. The van der Waals surface area contributed by atoms with Crippen LogP contribution < -0.4 is 5.73 Å². The van der Waals surface area contributed by atoms with Gasteiger partial charge in [-0.05, 0) is 18.4 Å². The van der Waals surface area contributed by atoms with E-state index in [-0.39, 0.29) is 5.91 Å². The SMILES string of the molecule is CC.NC(=O)CCCc1ccccc1. The average molecular weight is 193 g/mol. The van der Waals surface area contributed by atoms with Gasteiger partial charge in [0, 0.05) is 6.42 Å². The first-order valence-electron chi connectivity index (χ1n) is 5.11. The molecule has 0 radical (unpaired) electrons. The quantitative estimate of drug-likeness (QED) is 0.784. The summed E-state index contributed by atoms with van der Waals surface area (Å²) >= 11 is 0. The van der Waals surface area contributed by atoms with E-state index in [4.69, 9.17) is 5.73 Å². The molecule has 14 heavy (non-hydrogen) atoms. The Labute approximate surface area is 86.1 Å². The third kappa shape index (κ3) is 6.23. The van der Waals surface area contributed by atoms with Crippen LogP contribution >= 0.6 is 0 Å². The lowest BCUT2D eigenvalue weighted by molar-refractivity contribution is -0.118. The van der Waals surface area contributed by atoms with Crippen molar-refractivity contribution in [2.75, 3.05) is 0 Å². The van der Waals surface area contributed by atoms with Crippen molar-refractivity contribution in [1.29, 1.82) is 0 Å². The fourth-order valence-electron chi connectivity index (χ4n) is 1.11. The minimum Gasteiger partial charge on any atom is -0.370 e. The second-order valence-electron chi connectivity index (χ2n) is 2.81. The van der Waals surface area contributed by atoms with Crippen molar-refractivity contribution in [3.05, 3.63) is 35.9 Å². The highest BCUT2D eigenvalue weighted by Gasteiger charge is 1.95. The van der Waals surface area contributed by atoms with Crippen molar-refractivity contribution in [3.8, 4) is 0 Å². The molecule has 0 bridgehead atoms. The molecule has 2 nitrogen and oxygen atoms in total. The van der Waals surface area contributed by atoms with Crippen molar-refractivity contribution in [3.63, 3.8) is 0 Å². The first-order chi connectivity index (χ1) is 6.79. The maximum atomic E-state index is 10.4. The van der Waals surface area contributed by atoms with Crippen LogP contribution in [0.15, 0.2) is 30.3 Å². The van der Waals surface area contributed by atoms with Crippen LogP contribution in [0.25, 0.3) is 0 Å². The number of amides is 1. The lowest BCUT2D eigenvalue weighted by Crippen LogP contribution is -2.10. The number of aryl methyl sites for hydroxylation is 1. The summed E-state index contributed by atoms with van der Waals surface area (Å²) < 4.78 is 0. The van der Waals surface area contributed by atoms with Crippen LogP contribution in [0.5, 0.6) is 0 Å². The summed E-state index contributed by atoms with van der Waals surface area (Å²) in [4.78, 5) is 10.4. The van der Waals surface area contributed by atoms with Crippen LogP contribution in [0.2, 0.25) is 0 Å². The zero-order valence-electron chi connectivity index (χ0n) is 8.99. The Kier molecular flexibility index (Phi) is 7.52. The summed E-state index contributed by atoms with van der Waals surface area (Å²) in [5.74, 6) is -0.217. The van der Waals surface area contributed by atoms with Gasteiger partial charge in [0.25, 0.3) is 0 Å². The van der Waals surface area contributed by atoms with Gasteiger partial charge in [-0.3, -0.25) is 4.79 Å². The molecule has 0 saturated heterocycles. The predicted octanol–water partition coefficient (Wildman–Crippen LogP) is 2.52. The van der Waals surface area contributed by atoms with Crippen molar-refractivity contribution < 1.29 is 4.79 Å². The summed E-state index contributed by atoms with van der Waals surface area (Å²) in [7, 11) is 0. The maximum absolute atomic E-state index is 10.4. The molecule has 0 aliphatic carbocycles. The molecular formula is C12H19NO. The molecular weight excluding hydrogens is 174 g/mol. The second kappa shape index (κ2) is 8.30. The van der Waals surface area contributed by atoms with E-state index in [0.29, 0.717) is 6.42 Å². The van der Waals surface area contributed by atoms with E-state index in [1.807, 2.05) is 32.0 Å². The minimum atomic E-state index is -0.217. The lowest BCUT2D eigenvalue weighted by Gasteiger charge is -1.97. The van der Waals surface area contributed by atoms with Gasteiger partial charge in [0.05, 0.1) is 0 Å². The number of primary amides is 1. The third-order valence-corrected chi connectivity index (χ3v) is 1.73. The first kappa shape index (κ1) is 12.7. The first-order valence-corrected chi connectivity index (χ1v) is 5.11. The lowest BCUT2D eigenvalue weighted by atomic mass is 10.1. The van der Waals surface area contributed by atoms with Gasteiger partial charge in [-0.2, -0.15) is 0 Å². The monoisotopic (exact) mass is 193 g/mol. The topological polar surface area (TPSA) is 43.1 Å². The molecule has 0 aromatic heterocycles. The normalized spacial score (nSPS) is 8.71. The van der Waals surface area contributed by atoms with E-state index in [2.05, 4.69) is 12.1 Å². The molecule has 1 aromatic carbocycles. The van der Waals surface area contributed by atoms with E-state index < -0.39 is 0 Å². The van der Waals surface area contributed by atoms with E-state index in [9.17, 15) is 4.79 Å². The smallest absolute Gasteiger partial charge is 0.217 e. The molecule has 0 unspecified atom stereocenters. The molecule has 1 aromatic rings. The Balaban J connectivity index is 0.000000791. The van der Waals surface area contributed by atoms with Gasteiger partial charge < -0.3 is 5.73 Å². The van der Waals surface area contributed by atoms with E-state index in [1.54, 1.807) is 0 Å². The highest BCUT2D eigenvalue weighted by molar-refractivity contribution is 5.73. The van der Waals surface area contributed by atoms with Gasteiger partial charge in [0.15, 0.2) is 0 Å². The Bertz CT molecular complexity index is 244. The highest BCUT2D eigenvalue weighted by atomic mass is 16.1. The Hall–Kier alpha value is -1.31. The molecule has 2 heteroatoms. The van der Waals surface area contributed by atoms with Gasteiger partial charge in [-0.25, -0.2) is 0 Å². The van der Waals surface area contributed by atoms with E-state index in [0.717, 1.165) is 12.8 Å². The van der Waals surface area contributed by atoms with Crippen molar-refractivity contribution in [2.45, 2.75) is 33.1 Å². The molecule has 1 amide bonds. The van der Waals surface area contributed by atoms with Crippen LogP contribution in [0.4, 0.5) is 0 Å². The number of benzene rings is 1. The maximum Gasteiger partial charge on any atom is 0.217 e.